The van der Waals surface area contributed by atoms with Crippen LogP contribution in [0.3, 0.4) is 0 Å². The summed E-state index contributed by atoms with van der Waals surface area (Å²) in [7, 11) is 0. The molecule has 1 aliphatic heterocycles. The number of benzene rings is 2. The van der Waals surface area contributed by atoms with E-state index in [0.29, 0.717) is 17.4 Å². The van der Waals surface area contributed by atoms with Crippen molar-refractivity contribution in [1.82, 2.24) is 0 Å². The summed E-state index contributed by atoms with van der Waals surface area (Å²) in [6.45, 7) is 4.25. The summed E-state index contributed by atoms with van der Waals surface area (Å²) in [6.07, 6.45) is 1.47. The molecule has 0 bridgehead atoms. The van der Waals surface area contributed by atoms with Crippen molar-refractivity contribution in [2.45, 2.75) is 25.1 Å². The van der Waals surface area contributed by atoms with Gasteiger partial charge in [-0.15, -0.1) is 11.8 Å². The molecule has 1 atom stereocenters. The number of amides is 2. The van der Waals surface area contributed by atoms with E-state index in [1.54, 1.807) is 23.9 Å². The lowest BCUT2D eigenvalue weighted by molar-refractivity contribution is -0.115. The summed E-state index contributed by atoms with van der Waals surface area (Å²) in [5.74, 6) is 0.694. The Morgan fingerprint density at radius 1 is 1.10 bits per heavy atom. The quantitative estimate of drug-likeness (QED) is 0.613. The highest BCUT2D eigenvalue weighted by Gasteiger charge is 2.36. The molecule has 4 rings (SSSR count). The lowest BCUT2D eigenvalue weighted by atomic mass is 10.00. The number of furan rings is 1. The fourth-order valence-corrected chi connectivity index (χ4v) is 4.73. The molecule has 1 N–H and O–H groups in total. The Morgan fingerprint density at radius 2 is 1.86 bits per heavy atom. The number of nitrogens with zero attached hydrogens (tertiary/aromatic N) is 1. The van der Waals surface area contributed by atoms with Crippen molar-refractivity contribution < 1.29 is 14.0 Å². The molecule has 0 saturated carbocycles. The number of hydrogen-bond acceptors (Lipinski definition) is 4. The maximum Gasteiger partial charge on any atom is 0.291 e. The van der Waals surface area contributed by atoms with E-state index in [1.807, 2.05) is 47.4 Å². The van der Waals surface area contributed by atoms with E-state index < -0.39 is 0 Å². The summed E-state index contributed by atoms with van der Waals surface area (Å²) in [4.78, 5) is 27.2. The average molecular weight is 407 g/mol. The van der Waals surface area contributed by atoms with Crippen LogP contribution in [0.4, 0.5) is 11.4 Å². The number of anilines is 2. The second-order valence-corrected chi connectivity index (χ2v) is 8.23. The first kappa shape index (κ1) is 19.3. The van der Waals surface area contributed by atoms with Crippen molar-refractivity contribution in [3.63, 3.8) is 0 Å². The van der Waals surface area contributed by atoms with Gasteiger partial charge in [-0.05, 0) is 35.7 Å². The third-order valence-corrected chi connectivity index (χ3v) is 6.10. The minimum Gasteiger partial charge on any atom is -0.459 e. The Morgan fingerprint density at radius 3 is 2.62 bits per heavy atom. The van der Waals surface area contributed by atoms with Gasteiger partial charge in [0.05, 0.1) is 12.0 Å². The van der Waals surface area contributed by atoms with Gasteiger partial charge in [0, 0.05) is 16.9 Å². The largest absolute Gasteiger partial charge is 0.459 e. The third-order valence-electron chi connectivity index (χ3n) is 4.91. The van der Waals surface area contributed by atoms with Crippen molar-refractivity contribution in [1.29, 1.82) is 0 Å². The predicted molar refractivity (Wildman–Crippen MR) is 116 cm³/mol. The molecule has 1 saturated heterocycles. The van der Waals surface area contributed by atoms with Crippen LogP contribution < -0.4 is 10.2 Å². The number of nitrogens with one attached hydrogen (secondary N) is 1. The fraction of sp³-hybridized carbons (Fsp3) is 0.217. The molecule has 3 aromatic rings. The van der Waals surface area contributed by atoms with E-state index in [9.17, 15) is 9.59 Å². The highest BCUT2D eigenvalue weighted by molar-refractivity contribution is 8.00. The highest BCUT2D eigenvalue weighted by Crippen LogP contribution is 2.46. The van der Waals surface area contributed by atoms with E-state index in [4.69, 9.17) is 4.42 Å². The molecule has 0 aliphatic carbocycles. The number of hydrogen-bond donors (Lipinski definition) is 1. The second-order valence-electron chi connectivity index (χ2n) is 7.16. The van der Waals surface area contributed by atoms with Crippen molar-refractivity contribution >= 4 is 35.0 Å². The molecule has 2 aromatic carbocycles. The minimum atomic E-state index is -0.314. The molecular formula is C23H22N2O3S. The number of carbonyl (C=O) groups excluding carboxylic acids is 2. The van der Waals surface area contributed by atoms with E-state index in [2.05, 4.69) is 25.2 Å². The van der Waals surface area contributed by atoms with Crippen molar-refractivity contribution in [2.75, 3.05) is 16.0 Å². The molecule has 1 aromatic heterocycles. The SMILES string of the molecule is CC(C)c1ccccc1N1C(=O)CS[C@H]1c1ccccc1NC(=O)c1ccco1. The van der Waals surface area contributed by atoms with Crippen LogP contribution in [0.1, 0.15) is 46.8 Å². The molecule has 29 heavy (non-hydrogen) atoms. The predicted octanol–water partition coefficient (Wildman–Crippen LogP) is 5.43. The van der Waals surface area contributed by atoms with Crippen molar-refractivity contribution in [3.8, 4) is 0 Å². The Hall–Kier alpha value is -2.99. The number of thioether (sulfide) groups is 1. The second kappa shape index (κ2) is 8.17. The topological polar surface area (TPSA) is 62.6 Å². The van der Waals surface area contributed by atoms with Gasteiger partial charge < -0.3 is 9.73 Å². The van der Waals surface area contributed by atoms with Gasteiger partial charge in [0.1, 0.15) is 5.37 Å². The van der Waals surface area contributed by atoms with E-state index in [1.165, 1.54) is 6.26 Å². The molecule has 1 fully saturated rings. The molecule has 0 spiro atoms. The van der Waals surface area contributed by atoms with Crippen LogP contribution in [0.5, 0.6) is 0 Å². The van der Waals surface area contributed by atoms with Crippen LogP contribution in [0.15, 0.2) is 71.3 Å². The first-order chi connectivity index (χ1) is 14.1. The van der Waals surface area contributed by atoms with Crippen LogP contribution in [0.2, 0.25) is 0 Å². The Bertz CT molecular complexity index is 1030. The monoisotopic (exact) mass is 406 g/mol. The first-order valence-electron chi connectivity index (χ1n) is 9.52. The molecule has 0 radical (unpaired) electrons. The number of para-hydroxylation sites is 2. The van der Waals surface area contributed by atoms with Crippen LogP contribution >= 0.6 is 11.8 Å². The normalized spacial score (nSPS) is 16.4. The first-order valence-corrected chi connectivity index (χ1v) is 10.6. The maximum absolute atomic E-state index is 12.9. The zero-order valence-corrected chi connectivity index (χ0v) is 17.1. The van der Waals surface area contributed by atoms with E-state index in [-0.39, 0.29) is 22.9 Å². The van der Waals surface area contributed by atoms with Crippen LogP contribution in [-0.4, -0.2) is 17.6 Å². The molecule has 2 heterocycles. The molecular weight excluding hydrogens is 384 g/mol. The summed E-state index contributed by atoms with van der Waals surface area (Å²) < 4.78 is 5.20. The van der Waals surface area contributed by atoms with Gasteiger partial charge in [-0.25, -0.2) is 0 Å². The van der Waals surface area contributed by atoms with E-state index in [0.717, 1.165) is 16.8 Å². The standard InChI is InChI=1S/C23H22N2O3S/c1-15(2)16-8-4-6-11-19(16)25-21(26)14-29-23(25)17-9-3-5-10-18(17)24-22(27)20-12-7-13-28-20/h3-13,15,23H,14H2,1-2H3,(H,24,27)/t23-/m0/s1. The Kier molecular flexibility index (Phi) is 5.45. The molecule has 0 unspecified atom stereocenters. The maximum atomic E-state index is 12.9. The van der Waals surface area contributed by atoms with Crippen LogP contribution in [0.25, 0.3) is 0 Å². The van der Waals surface area contributed by atoms with Gasteiger partial charge in [0.2, 0.25) is 5.91 Å². The molecule has 1 aliphatic rings. The highest BCUT2D eigenvalue weighted by atomic mass is 32.2. The summed E-state index contributed by atoms with van der Waals surface area (Å²) in [5, 5.41) is 2.72. The Balaban J connectivity index is 1.71. The van der Waals surface area contributed by atoms with Gasteiger partial charge in [-0.3, -0.25) is 14.5 Å². The van der Waals surface area contributed by atoms with Gasteiger partial charge >= 0.3 is 0 Å². The average Bonchev–Trinajstić information content (AvgIpc) is 3.38. The lowest BCUT2D eigenvalue weighted by Crippen LogP contribution is -2.29. The molecule has 6 heteroatoms. The summed E-state index contributed by atoms with van der Waals surface area (Å²) in [5.41, 5.74) is 3.62. The summed E-state index contributed by atoms with van der Waals surface area (Å²) in [6, 6.07) is 18.9. The van der Waals surface area contributed by atoms with Gasteiger partial charge in [0.15, 0.2) is 5.76 Å². The Labute approximate surface area is 174 Å². The zero-order chi connectivity index (χ0) is 20.4. The smallest absolute Gasteiger partial charge is 0.291 e. The van der Waals surface area contributed by atoms with E-state index >= 15 is 0 Å². The number of carbonyl (C=O) groups is 2. The fourth-order valence-electron chi connectivity index (χ4n) is 3.53. The zero-order valence-electron chi connectivity index (χ0n) is 16.3. The van der Waals surface area contributed by atoms with Gasteiger partial charge in [-0.1, -0.05) is 50.2 Å². The number of rotatable bonds is 5. The molecule has 5 nitrogen and oxygen atoms in total. The minimum absolute atomic E-state index is 0.0697. The van der Waals surface area contributed by atoms with Crippen molar-refractivity contribution in [2.24, 2.45) is 0 Å². The summed E-state index contributed by atoms with van der Waals surface area (Å²) >= 11 is 1.57. The van der Waals surface area contributed by atoms with Crippen molar-refractivity contribution in [3.05, 3.63) is 83.8 Å². The van der Waals surface area contributed by atoms with Crippen LogP contribution in [0, 0.1) is 0 Å². The lowest BCUT2D eigenvalue weighted by Gasteiger charge is -2.28. The molecule has 2 amide bonds. The molecule has 148 valence electrons. The third kappa shape index (κ3) is 3.80. The van der Waals surface area contributed by atoms with Gasteiger partial charge in [-0.2, -0.15) is 0 Å². The van der Waals surface area contributed by atoms with Gasteiger partial charge in [0.25, 0.3) is 5.91 Å². The van der Waals surface area contributed by atoms with Crippen LogP contribution in [-0.2, 0) is 4.79 Å².